The zero-order valence-corrected chi connectivity index (χ0v) is 14.5. The molecule has 0 amide bonds. The van der Waals surface area contributed by atoms with Gasteiger partial charge in [-0.05, 0) is 61.2 Å². The van der Waals surface area contributed by atoms with Gasteiger partial charge in [-0.2, -0.15) is 0 Å². The Morgan fingerprint density at radius 3 is 1.90 bits per heavy atom. The first kappa shape index (κ1) is 16.4. The second kappa shape index (κ2) is 7.85. The summed E-state index contributed by atoms with van der Waals surface area (Å²) in [7, 11) is 0. The van der Waals surface area contributed by atoms with Gasteiger partial charge in [0.15, 0.2) is 0 Å². The van der Waals surface area contributed by atoms with Crippen molar-refractivity contribution in [3.63, 3.8) is 0 Å². The summed E-state index contributed by atoms with van der Waals surface area (Å²) < 4.78 is 0. The van der Waals surface area contributed by atoms with Gasteiger partial charge in [0.05, 0.1) is 0 Å². The van der Waals surface area contributed by atoms with Crippen LogP contribution < -0.4 is 0 Å². The molecule has 2 aliphatic rings. The van der Waals surface area contributed by atoms with Crippen LogP contribution in [0.4, 0.5) is 0 Å². The standard InChI is InChI=1S/C20H38/c1-15-7-5-6-8-19(11-9-16(2)13-15)20-12-10-17(3)18(4)14-20/h15-20H,5-14H2,1-4H3. The normalized spacial score (nSPS) is 45.0. The Labute approximate surface area is 128 Å². The smallest absolute Gasteiger partial charge is 0.0383 e. The van der Waals surface area contributed by atoms with Gasteiger partial charge in [-0.25, -0.2) is 0 Å². The highest BCUT2D eigenvalue weighted by Gasteiger charge is 2.30. The van der Waals surface area contributed by atoms with E-state index in [0.29, 0.717) is 0 Å². The van der Waals surface area contributed by atoms with Gasteiger partial charge < -0.3 is 0 Å². The molecule has 118 valence electrons. The quantitative estimate of drug-likeness (QED) is 0.501. The van der Waals surface area contributed by atoms with Crippen molar-refractivity contribution < 1.29 is 0 Å². The molecule has 0 N–H and O–H groups in total. The third kappa shape index (κ3) is 4.78. The first-order valence-electron chi connectivity index (χ1n) is 9.56. The van der Waals surface area contributed by atoms with Crippen LogP contribution in [0, 0.1) is 35.5 Å². The van der Waals surface area contributed by atoms with Crippen LogP contribution in [0.15, 0.2) is 0 Å². The van der Waals surface area contributed by atoms with Crippen LogP contribution in [-0.4, -0.2) is 0 Å². The molecule has 0 aliphatic heterocycles. The van der Waals surface area contributed by atoms with E-state index < -0.39 is 0 Å². The molecule has 0 aromatic heterocycles. The monoisotopic (exact) mass is 278 g/mol. The van der Waals surface area contributed by atoms with Crippen LogP contribution in [0.2, 0.25) is 0 Å². The van der Waals surface area contributed by atoms with E-state index >= 15 is 0 Å². The highest BCUT2D eigenvalue weighted by Crippen LogP contribution is 2.41. The highest BCUT2D eigenvalue weighted by atomic mass is 14.4. The van der Waals surface area contributed by atoms with Crippen LogP contribution in [0.25, 0.3) is 0 Å². The fourth-order valence-electron chi connectivity index (χ4n) is 4.95. The SMILES string of the molecule is CC1CCCCC(C2CCC(C)C(C)C2)CCC(C)C1. The third-order valence-corrected chi connectivity index (χ3v) is 6.66. The predicted octanol–water partition coefficient (Wildman–Crippen LogP) is 6.69. The summed E-state index contributed by atoms with van der Waals surface area (Å²) in [6.07, 6.45) is 15.1. The van der Waals surface area contributed by atoms with Crippen molar-refractivity contribution >= 4 is 0 Å². The van der Waals surface area contributed by atoms with Crippen LogP contribution in [0.5, 0.6) is 0 Å². The minimum Gasteiger partial charge on any atom is -0.0625 e. The molecule has 2 saturated carbocycles. The Morgan fingerprint density at radius 2 is 1.15 bits per heavy atom. The maximum atomic E-state index is 2.50. The van der Waals surface area contributed by atoms with Crippen molar-refractivity contribution in [1.29, 1.82) is 0 Å². The molecule has 2 rings (SSSR count). The summed E-state index contributed by atoms with van der Waals surface area (Å²) in [4.78, 5) is 0. The first-order valence-corrected chi connectivity index (χ1v) is 9.56. The lowest BCUT2D eigenvalue weighted by Gasteiger charge is -2.38. The number of hydrogen-bond acceptors (Lipinski definition) is 0. The van der Waals surface area contributed by atoms with Crippen molar-refractivity contribution in [2.24, 2.45) is 35.5 Å². The molecule has 6 unspecified atom stereocenters. The van der Waals surface area contributed by atoms with Crippen LogP contribution in [0.1, 0.15) is 91.9 Å². The Balaban J connectivity index is 1.89. The van der Waals surface area contributed by atoms with Gasteiger partial charge in [-0.1, -0.05) is 66.2 Å². The Hall–Kier alpha value is 0. The molecule has 2 aliphatic carbocycles. The van der Waals surface area contributed by atoms with Gasteiger partial charge in [-0.15, -0.1) is 0 Å². The second-order valence-electron chi connectivity index (χ2n) is 8.60. The van der Waals surface area contributed by atoms with Gasteiger partial charge in [-0.3, -0.25) is 0 Å². The first-order chi connectivity index (χ1) is 9.56. The Morgan fingerprint density at radius 1 is 0.500 bits per heavy atom. The average Bonchev–Trinajstić information content (AvgIpc) is 2.41. The van der Waals surface area contributed by atoms with Crippen LogP contribution in [-0.2, 0) is 0 Å². The van der Waals surface area contributed by atoms with Crippen molar-refractivity contribution in [1.82, 2.24) is 0 Å². The molecule has 0 heteroatoms. The van der Waals surface area contributed by atoms with Gasteiger partial charge in [0.25, 0.3) is 0 Å². The lowest BCUT2D eigenvalue weighted by molar-refractivity contribution is 0.134. The fourth-order valence-corrected chi connectivity index (χ4v) is 4.95. The van der Waals surface area contributed by atoms with Crippen LogP contribution >= 0.6 is 0 Å². The van der Waals surface area contributed by atoms with E-state index in [-0.39, 0.29) is 0 Å². The molecule has 0 nitrogen and oxygen atoms in total. The summed E-state index contributed by atoms with van der Waals surface area (Å²) in [5.41, 5.74) is 0. The predicted molar refractivity (Wildman–Crippen MR) is 89.8 cm³/mol. The molecule has 0 saturated heterocycles. The summed E-state index contributed by atoms with van der Waals surface area (Å²) in [6.45, 7) is 9.94. The highest BCUT2D eigenvalue weighted by molar-refractivity contribution is 4.81. The molecule has 6 atom stereocenters. The van der Waals surface area contributed by atoms with Gasteiger partial charge in [0.2, 0.25) is 0 Å². The molecule has 0 bridgehead atoms. The zero-order valence-electron chi connectivity index (χ0n) is 14.5. The van der Waals surface area contributed by atoms with E-state index in [9.17, 15) is 0 Å². The van der Waals surface area contributed by atoms with E-state index in [4.69, 9.17) is 0 Å². The molecule has 20 heavy (non-hydrogen) atoms. The molecular weight excluding hydrogens is 240 g/mol. The lowest BCUT2D eigenvalue weighted by atomic mass is 9.68. The van der Waals surface area contributed by atoms with E-state index in [1.807, 2.05) is 0 Å². The molecule has 0 aromatic carbocycles. The molecule has 0 spiro atoms. The summed E-state index contributed by atoms with van der Waals surface area (Å²) in [5.74, 6) is 6.00. The van der Waals surface area contributed by atoms with Gasteiger partial charge in [0.1, 0.15) is 0 Å². The van der Waals surface area contributed by atoms with Crippen molar-refractivity contribution in [3.05, 3.63) is 0 Å². The molecule has 0 aromatic rings. The minimum absolute atomic E-state index is 0.963. The average molecular weight is 279 g/mol. The lowest BCUT2D eigenvalue weighted by Crippen LogP contribution is -2.27. The summed E-state index contributed by atoms with van der Waals surface area (Å²) in [6, 6.07) is 0. The molecule has 2 fully saturated rings. The number of hydrogen-bond donors (Lipinski definition) is 0. The zero-order chi connectivity index (χ0) is 14.5. The number of rotatable bonds is 1. The van der Waals surface area contributed by atoms with E-state index in [0.717, 1.165) is 35.5 Å². The Kier molecular flexibility index (Phi) is 6.43. The van der Waals surface area contributed by atoms with E-state index in [1.165, 1.54) is 64.2 Å². The van der Waals surface area contributed by atoms with E-state index in [1.54, 1.807) is 0 Å². The molecule has 0 radical (unpaired) electrons. The third-order valence-electron chi connectivity index (χ3n) is 6.66. The van der Waals surface area contributed by atoms with Gasteiger partial charge in [0, 0.05) is 0 Å². The van der Waals surface area contributed by atoms with Gasteiger partial charge >= 0.3 is 0 Å². The summed E-state index contributed by atoms with van der Waals surface area (Å²) in [5, 5.41) is 0. The van der Waals surface area contributed by atoms with Crippen molar-refractivity contribution in [3.8, 4) is 0 Å². The van der Waals surface area contributed by atoms with E-state index in [2.05, 4.69) is 27.7 Å². The van der Waals surface area contributed by atoms with Crippen LogP contribution in [0.3, 0.4) is 0 Å². The Bertz CT molecular complexity index is 269. The maximum absolute atomic E-state index is 2.50. The largest absolute Gasteiger partial charge is 0.0625 e. The second-order valence-corrected chi connectivity index (χ2v) is 8.60. The maximum Gasteiger partial charge on any atom is -0.0383 e. The molecule has 0 heterocycles. The van der Waals surface area contributed by atoms with Crippen molar-refractivity contribution in [2.45, 2.75) is 91.9 Å². The van der Waals surface area contributed by atoms with Crippen molar-refractivity contribution in [2.75, 3.05) is 0 Å². The topological polar surface area (TPSA) is 0 Å². The minimum atomic E-state index is 0.963. The summed E-state index contributed by atoms with van der Waals surface area (Å²) >= 11 is 0. The molecular formula is C20H38. The fraction of sp³-hybridized carbons (Fsp3) is 1.00.